The fraction of sp³-hybridized carbons (Fsp3) is 0.435. The van der Waals surface area contributed by atoms with Crippen LogP contribution in [0.4, 0.5) is 5.69 Å². The fourth-order valence-corrected chi connectivity index (χ4v) is 4.69. The van der Waals surface area contributed by atoms with Crippen LogP contribution < -0.4 is 9.62 Å². The average molecular weight is 464 g/mol. The molecule has 0 bridgehead atoms. The van der Waals surface area contributed by atoms with E-state index in [-0.39, 0.29) is 12.5 Å². The second-order valence-corrected chi connectivity index (χ2v) is 10.4. The lowest BCUT2D eigenvalue weighted by Gasteiger charge is -2.26. The second-order valence-electron chi connectivity index (χ2n) is 8.13. The number of hydrogen-bond donors (Lipinski definition) is 1. The maximum Gasteiger partial charge on any atom is 0.241 e. The third kappa shape index (κ3) is 6.95. The van der Waals surface area contributed by atoms with Gasteiger partial charge in [-0.2, -0.15) is 0 Å². The third-order valence-electron chi connectivity index (χ3n) is 5.50. The summed E-state index contributed by atoms with van der Waals surface area (Å²) in [4.78, 5) is 14.9. The number of nitrogens with one attached hydrogen (secondary N) is 1. The molecule has 168 valence electrons. The molecule has 0 saturated carbocycles. The largest absolute Gasteiger partial charge is 0.350 e. The number of carbonyl (C=O) groups is 1. The van der Waals surface area contributed by atoms with Crippen molar-refractivity contribution < 1.29 is 13.2 Å². The normalized spacial score (nSPS) is 14.9. The average Bonchev–Trinajstić information content (AvgIpc) is 2.73. The van der Waals surface area contributed by atoms with Gasteiger partial charge in [0.1, 0.15) is 6.54 Å². The summed E-state index contributed by atoms with van der Waals surface area (Å²) < 4.78 is 25.5. The number of sulfonamides is 1. The van der Waals surface area contributed by atoms with Crippen molar-refractivity contribution in [3.8, 4) is 0 Å². The minimum absolute atomic E-state index is 0.300. The molecule has 2 aromatic rings. The molecule has 1 saturated heterocycles. The quantitative estimate of drug-likeness (QED) is 0.647. The topological polar surface area (TPSA) is 69.7 Å². The number of likely N-dealkylation sites (tertiary alicyclic amines) is 1. The molecule has 31 heavy (non-hydrogen) atoms. The molecule has 0 aliphatic carbocycles. The molecule has 0 radical (unpaired) electrons. The number of aryl methyl sites for hydroxylation is 1. The van der Waals surface area contributed by atoms with Crippen molar-refractivity contribution in [3.63, 3.8) is 0 Å². The molecule has 8 heteroatoms. The van der Waals surface area contributed by atoms with Crippen molar-refractivity contribution in [3.05, 3.63) is 64.2 Å². The van der Waals surface area contributed by atoms with Gasteiger partial charge >= 0.3 is 0 Å². The molecular formula is C23H30ClN3O3S. The summed E-state index contributed by atoms with van der Waals surface area (Å²) in [6.07, 6.45) is 4.94. The maximum atomic E-state index is 12.5. The van der Waals surface area contributed by atoms with Gasteiger partial charge in [0.25, 0.3) is 0 Å². The number of rotatable bonds is 8. The van der Waals surface area contributed by atoms with E-state index in [1.54, 1.807) is 18.2 Å². The molecule has 1 aliphatic heterocycles. The lowest BCUT2D eigenvalue weighted by atomic mass is 10.1. The highest BCUT2D eigenvalue weighted by Gasteiger charge is 2.21. The van der Waals surface area contributed by atoms with Crippen molar-refractivity contribution in [1.82, 2.24) is 10.2 Å². The molecule has 0 atom stereocenters. The summed E-state index contributed by atoms with van der Waals surface area (Å²) in [6, 6.07) is 13.1. The summed E-state index contributed by atoms with van der Waals surface area (Å²) in [5.74, 6) is -0.375. The zero-order chi connectivity index (χ0) is 22.4. The van der Waals surface area contributed by atoms with Crippen LogP contribution in [0.15, 0.2) is 42.5 Å². The molecule has 0 aromatic heterocycles. The number of anilines is 1. The molecule has 0 spiro atoms. The van der Waals surface area contributed by atoms with Crippen LogP contribution in [0, 0.1) is 6.92 Å². The summed E-state index contributed by atoms with van der Waals surface area (Å²) >= 11 is 6.13. The summed E-state index contributed by atoms with van der Waals surface area (Å²) in [7, 11) is -3.64. The lowest BCUT2D eigenvalue weighted by molar-refractivity contribution is -0.119. The smallest absolute Gasteiger partial charge is 0.241 e. The number of carbonyl (C=O) groups excluding carboxylic acids is 1. The Kier molecular flexibility index (Phi) is 7.97. The molecule has 1 aliphatic rings. The number of halogens is 1. The predicted molar refractivity (Wildman–Crippen MR) is 126 cm³/mol. The first kappa shape index (κ1) is 23.6. The lowest BCUT2D eigenvalue weighted by Crippen LogP contribution is -2.40. The second kappa shape index (κ2) is 10.5. The highest BCUT2D eigenvalue weighted by Crippen LogP contribution is 2.24. The van der Waals surface area contributed by atoms with Crippen LogP contribution in [0.5, 0.6) is 0 Å². The van der Waals surface area contributed by atoms with Crippen molar-refractivity contribution in [2.75, 3.05) is 30.2 Å². The van der Waals surface area contributed by atoms with Gasteiger partial charge in [0.2, 0.25) is 15.9 Å². The molecule has 0 unspecified atom stereocenters. The van der Waals surface area contributed by atoms with E-state index in [0.717, 1.165) is 41.3 Å². The van der Waals surface area contributed by atoms with Gasteiger partial charge in [-0.05, 0) is 61.7 Å². The molecule has 1 heterocycles. The van der Waals surface area contributed by atoms with Crippen LogP contribution in [0.2, 0.25) is 5.02 Å². The molecule has 1 N–H and O–H groups in total. The first-order valence-corrected chi connectivity index (χ1v) is 12.8. The first-order valence-electron chi connectivity index (χ1n) is 10.5. The Morgan fingerprint density at radius 2 is 1.71 bits per heavy atom. The number of amides is 1. The van der Waals surface area contributed by atoms with Gasteiger partial charge in [0.15, 0.2) is 0 Å². The molecule has 1 fully saturated rings. The van der Waals surface area contributed by atoms with Gasteiger partial charge in [-0.25, -0.2) is 8.42 Å². The van der Waals surface area contributed by atoms with Gasteiger partial charge in [0.05, 0.1) is 11.9 Å². The Balaban J connectivity index is 1.56. The molecular weight excluding hydrogens is 434 g/mol. The van der Waals surface area contributed by atoms with E-state index in [1.807, 2.05) is 19.1 Å². The molecule has 6 nitrogen and oxygen atoms in total. The van der Waals surface area contributed by atoms with E-state index in [2.05, 4.69) is 22.3 Å². The maximum absolute atomic E-state index is 12.5. The van der Waals surface area contributed by atoms with Gasteiger partial charge in [-0.1, -0.05) is 48.4 Å². The van der Waals surface area contributed by atoms with Crippen molar-refractivity contribution in [2.24, 2.45) is 0 Å². The summed E-state index contributed by atoms with van der Waals surface area (Å²) in [5.41, 5.74) is 3.44. The SMILES string of the molecule is Cc1ccc(N(CC(=O)NCc2ccc(CN3CCCCC3)cc2)S(C)(=O)=O)cc1Cl. The monoisotopic (exact) mass is 463 g/mol. The van der Waals surface area contributed by atoms with Crippen LogP contribution in [0.25, 0.3) is 0 Å². The van der Waals surface area contributed by atoms with Gasteiger partial charge in [-0.3, -0.25) is 14.0 Å². The highest BCUT2D eigenvalue weighted by atomic mass is 35.5. The van der Waals surface area contributed by atoms with E-state index in [1.165, 1.54) is 24.8 Å². The number of hydrogen-bond acceptors (Lipinski definition) is 4. The van der Waals surface area contributed by atoms with Crippen LogP contribution in [0.3, 0.4) is 0 Å². The number of piperidine rings is 1. The van der Waals surface area contributed by atoms with Crippen LogP contribution in [-0.2, 0) is 27.9 Å². The van der Waals surface area contributed by atoms with Gasteiger partial charge in [-0.15, -0.1) is 0 Å². The van der Waals surface area contributed by atoms with Crippen molar-refractivity contribution in [1.29, 1.82) is 0 Å². The van der Waals surface area contributed by atoms with Gasteiger partial charge < -0.3 is 5.32 Å². The van der Waals surface area contributed by atoms with Crippen molar-refractivity contribution in [2.45, 2.75) is 39.3 Å². The van der Waals surface area contributed by atoms with Crippen LogP contribution in [-0.4, -0.2) is 45.1 Å². The minimum Gasteiger partial charge on any atom is -0.350 e. The molecule has 1 amide bonds. The van der Waals surface area contributed by atoms with Crippen LogP contribution in [0.1, 0.15) is 36.0 Å². The van der Waals surface area contributed by atoms with E-state index >= 15 is 0 Å². The first-order chi connectivity index (χ1) is 14.7. The molecule has 2 aromatic carbocycles. The third-order valence-corrected chi connectivity index (χ3v) is 7.05. The zero-order valence-corrected chi connectivity index (χ0v) is 19.7. The van der Waals surface area contributed by atoms with Gasteiger partial charge in [0, 0.05) is 18.1 Å². The Bertz CT molecular complexity index is 1000. The Morgan fingerprint density at radius 3 is 2.32 bits per heavy atom. The molecule has 3 rings (SSSR count). The zero-order valence-electron chi connectivity index (χ0n) is 18.1. The number of nitrogens with zero attached hydrogens (tertiary/aromatic N) is 2. The Morgan fingerprint density at radius 1 is 1.06 bits per heavy atom. The van der Waals surface area contributed by atoms with Crippen LogP contribution >= 0.6 is 11.6 Å². The van der Waals surface area contributed by atoms with E-state index in [9.17, 15) is 13.2 Å². The Hall–Kier alpha value is -2.09. The summed E-state index contributed by atoms with van der Waals surface area (Å²) in [5, 5.41) is 3.26. The van der Waals surface area contributed by atoms with E-state index in [0.29, 0.717) is 17.3 Å². The number of benzene rings is 2. The minimum atomic E-state index is -3.64. The van der Waals surface area contributed by atoms with E-state index < -0.39 is 10.0 Å². The standard InChI is InChI=1S/C23H30ClN3O3S/c1-18-6-11-21(14-22(18)24)27(31(2,29)30)17-23(28)25-15-19-7-9-20(10-8-19)16-26-12-4-3-5-13-26/h6-11,14H,3-5,12-13,15-17H2,1-2H3,(H,25,28). The summed E-state index contributed by atoms with van der Waals surface area (Å²) in [6.45, 7) is 5.14. The van der Waals surface area contributed by atoms with Crippen molar-refractivity contribution >= 4 is 33.2 Å². The fourth-order valence-electron chi connectivity index (χ4n) is 3.66. The highest BCUT2D eigenvalue weighted by molar-refractivity contribution is 7.92. The Labute approximate surface area is 190 Å². The predicted octanol–water partition coefficient (Wildman–Crippen LogP) is 3.72. The van der Waals surface area contributed by atoms with E-state index in [4.69, 9.17) is 11.6 Å².